The van der Waals surface area contributed by atoms with Crippen molar-refractivity contribution in [3.05, 3.63) is 35.3 Å². The molecule has 1 saturated heterocycles. The third-order valence-corrected chi connectivity index (χ3v) is 6.36. The molecule has 1 N–H and O–H groups in total. The van der Waals surface area contributed by atoms with Crippen LogP contribution < -0.4 is 9.62 Å². The van der Waals surface area contributed by atoms with Gasteiger partial charge in [-0.15, -0.1) is 0 Å². The van der Waals surface area contributed by atoms with Crippen LogP contribution in [-0.2, 0) is 16.6 Å². The molecule has 1 aliphatic rings. The summed E-state index contributed by atoms with van der Waals surface area (Å²) in [5, 5.41) is 3.73. The molecule has 8 heteroatoms. The zero-order valence-corrected chi connectivity index (χ0v) is 16.2. The number of pyridine rings is 1. The standard InChI is InChI=1S/C18H26N4O3S/c1-14-17(15(2)25-21-14)26(23,24)20-13-16-9-8-10-19-18(16)22-11-6-4-3-5-7-12-22/h8-10,20H,3-7,11-13H2,1-2H3. The number of rotatable bonds is 5. The predicted molar refractivity (Wildman–Crippen MR) is 99.5 cm³/mol. The Balaban J connectivity index is 1.78. The minimum Gasteiger partial charge on any atom is -0.360 e. The Bertz CT molecular complexity index is 820. The zero-order valence-electron chi connectivity index (χ0n) is 15.4. The number of hydrogen-bond acceptors (Lipinski definition) is 6. The number of hydrogen-bond donors (Lipinski definition) is 1. The van der Waals surface area contributed by atoms with Crippen molar-refractivity contribution < 1.29 is 12.9 Å². The average molecular weight is 378 g/mol. The number of nitrogens with one attached hydrogen (secondary N) is 1. The first kappa shape index (κ1) is 18.8. The highest BCUT2D eigenvalue weighted by Gasteiger charge is 2.24. The van der Waals surface area contributed by atoms with Crippen LogP contribution in [-0.4, -0.2) is 31.6 Å². The highest BCUT2D eigenvalue weighted by molar-refractivity contribution is 7.89. The summed E-state index contributed by atoms with van der Waals surface area (Å²) in [5.74, 6) is 1.17. The summed E-state index contributed by atoms with van der Waals surface area (Å²) in [5.41, 5.74) is 1.24. The smallest absolute Gasteiger partial charge is 0.246 e. The van der Waals surface area contributed by atoms with E-state index in [2.05, 4.69) is 19.8 Å². The van der Waals surface area contributed by atoms with Crippen molar-refractivity contribution >= 4 is 15.8 Å². The maximum Gasteiger partial charge on any atom is 0.246 e. The van der Waals surface area contributed by atoms with Gasteiger partial charge in [0, 0.05) is 31.4 Å². The summed E-state index contributed by atoms with van der Waals surface area (Å²) in [7, 11) is -3.69. The van der Waals surface area contributed by atoms with Crippen molar-refractivity contribution in [2.24, 2.45) is 0 Å². The SMILES string of the molecule is Cc1noc(C)c1S(=O)(=O)NCc1cccnc1N1CCCCCCC1. The molecular weight excluding hydrogens is 352 g/mol. The third-order valence-electron chi connectivity index (χ3n) is 4.71. The molecule has 0 unspecified atom stereocenters. The number of aryl methyl sites for hydroxylation is 2. The lowest BCUT2D eigenvalue weighted by molar-refractivity contribution is 0.390. The van der Waals surface area contributed by atoms with Gasteiger partial charge in [0.1, 0.15) is 16.4 Å². The molecule has 3 rings (SSSR count). The van der Waals surface area contributed by atoms with Crippen LogP contribution in [0.2, 0.25) is 0 Å². The van der Waals surface area contributed by atoms with Crippen molar-refractivity contribution in [3.63, 3.8) is 0 Å². The fourth-order valence-electron chi connectivity index (χ4n) is 3.42. The van der Waals surface area contributed by atoms with Gasteiger partial charge >= 0.3 is 0 Å². The van der Waals surface area contributed by atoms with E-state index in [-0.39, 0.29) is 11.4 Å². The van der Waals surface area contributed by atoms with Gasteiger partial charge in [0.25, 0.3) is 0 Å². The second-order valence-corrected chi connectivity index (χ2v) is 8.42. The normalized spacial score (nSPS) is 16.3. The van der Waals surface area contributed by atoms with Crippen LogP contribution in [0.1, 0.15) is 49.1 Å². The van der Waals surface area contributed by atoms with Crippen LogP contribution in [0.5, 0.6) is 0 Å². The Hall–Kier alpha value is -1.93. The van der Waals surface area contributed by atoms with Gasteiger partial charge in [-0.2, -0.15) is 0 Å². The maximum atomic E-state index is 12.7. The van der Waals surface area contributed by atoms with Crippen LogP contribution in [0.15, 0.2) is 27.7 Å². The molecule has 0 saturated carbocycles. The van der Waals surface area contributed by atoms with E-state index in [0.717, 1.165) is 37.3 Å². The Kier molecular flexibility index (Phi) is 5.93. The molecule has 3 heterocycles. The largest absolute Gasteiger partial charge is 0.360 e. The van der Waals surface area contributed by atoms with Gasteiger partial charge in [-0.05, 0) is 32.8 Å². The van der Waals surface area contributed by atoms with E-state index in [1.54, 1.807) is 20.0 Å². The lowest BCUT2D eigenvalue weighted by Crippen LogP contribution is -2.30. The predicted octanol–water partition coefficient (Wildman–Crippen LogP) is 2.94. The van der Waals surface area contributed by atoms with Crippen molar-refractivity contribution in [1.82, 2.24) is 14.9 Å². The summed E-state index contributed by atoms with van der Waals surface area (Å²) in [6, 6.07) is 3.77. The molecule has 1 aliphatic heterocycles. The number of anilines is 1. The quantitative estimate of drug-likeness (QED) is 0.860. The first-order valence-electron chi connectivity index (χ1n) is 9.10. The molecule has 7 nitrogen and oxygen atoms in total. The van der Waals surface area contributed by atoms with Crippen LogP contribution in [0.3, 0.4) is 0 Å². The van der Waals surface area contributed by atoms with Gasteiger partial charge in [-0.1, -0.05) is 30.5 Å². The van der Waals surface area contributed by atoms with Gasteiger partial charge in [-0.25, -0.2) is 18.1 Å². The van der Waals surface area contributed by atoms with Gasteiger partial charge < -0.3 is 9.42 Å². The minimum atomic E-state index is -3.69. The number of nitrogens with zero attached hydrogens (tertiary/aromatic N) is 3. The van der Waals surface area contributed by atoms with Crippen LogP contribution in [0, 0.1) is 13.8 Å². The van der Waals surface area contributed by atoms with Gasteiger partial charge in [0.05, 0.1) is 0 Å². The van der Waals surface area contributed by atoms with E-state index >= 15 is 0 Å². The zero-order chi connectivity index (χ0) is 18.6. The Morgan fingerprint density at radius 2 is 1.85 bits per heavy atom. The molecule has 142 valence electrons. The molecular formula is C18H26N4O3S. The fraction of sp³-hybridized carbons (Fsp3) is 0.556. The highest BCUT2D eigenvalue weighted by atomic mass is 32.2. The molecule has 26 heavy (non-hydrogen) atoms. The second kappa shape index (κ2) is 8.18. The Labute approximate surface area is 154 Å². The molecule has 0 bridgehead atoms. The monoisotopic (exact) mass is 378 g/mol. The van der Waals surface area contributed by atoms with E-state index in [0.29, 0.717) is 11.5 Å². The third kappa shape index (κ3) is 4.24. The van der Waals surface area contributed by atoms with E-state index in [4.69, 9.17) is 4.52 Å². The van der Waals surface area contributed by atoms with Crippen molar-refractivity contribution in [2.45, 2.75) is 57.4 Å². The van der Waals surface area contributed by atoms with Gasteiger partial charge in [0.2, 0.25) is 10.0 Å². The first-order chi connectivity index (χ1) is 12.5. The Morgan fingerprint density at radius 3 is 2.50 bits per heavy atom. The number of aromatic nitrogens is 2. The highest BCUT2D eigenvalue weighted by Crippen LogP contribution is 2.23. The fourth-order valence-corrected chi connectivity index (χ4v) is 4.75. The Morgan fingerprint density at radius 1 is 1.15 bits per heavy atom. The summed E-state index contributed by atoms with van der Waals surface area (Å²) in [6.45, 7) is 5.33. The maximum absolute atomic E-state index is 12.7. The second-order valence-electron chi connectivity index (χ2n) is 6.72. The lowest BCUT2D eigenvalue weighted by atomic mass is 10.1. The van der Waals surface area contributed by atoms with Crippen molar-refractivity contribution in [2.75, 3.05) is 18.0 Å². The topological polar surface area (TPSA) is 88.3 Å². The molecule has 1 fully saturated rings. The van der Waals surface area contributed by atoms with Gasteiger partial charge in [0.15, 0.2) is 5.76 Å². The molecule has 0 atom stereocenters. The summed E-state index contributed by atoms with van der Waals surface area (Å²) in [4.78, 5) is 6.93. The van der Waals surface area contributed by atoms with Gasteiger partial charge in [-0.3, -0.25) is 0 Å². The van der Waals surface area contributed by atoms with Crippen LogP contribution in [0.4, 0.5) is 5.82 Å². The summed E-state index contributed by atoms with van der Waals surface area (Å²) in [6.07, 6.45) is 7.80. The van der Waals surface area contributed by atoms with E-state index in [9.17, 15) is 8.42 Å². The lowest BCUT2D eigenvalue weighted by Gasteiger charge is -2.27. The summed E-state index contributed by atoms with van der Waals surface area (Å²) >= 11 is 0. The van der Waals surface area contributed by atoms with E-state index < -0.39 is 10.0 Å². The molecule has 2 aromatic rings. The van der Waals surface area contributed by atoms with Crippen LogP contribution in [0.25, 0.3) is 0 Å². The van der Waals surface area contributed by atoms with Crippen molar-refractivity contribution in [1.29, 1.82) is 0 Å². The molecule has 2 aromatic heterocycles. The molecule has 0 aromatic carbocycles. The van der Waals surface area contributed by atoms with E-state index in [1.165, 1.54) is 19.3 Å². The first-order valence-corrected chi connectivity index (χ1v) is 10.6. The molecule has 0 radical (unpaired) electrons. The average Bonchev–Trinajstić information content (AvgIpc) is 2.93. The molecule has 0 amide bonds. The molecule has 0 aliphatic carbocycles. The minimum absolute atomic E-state index is 0.120. The van der Waals surface area contributed by atoms with Crippen molar-refractivity contribution in [3.8, 4) is 0 Å². The summed E-state index contributed by atoms with van der Waals surface area (Å²) < 4.78 is 33.0. The van der Waals surface area contributed by atoms with Crippen LogP contribution >= 0.6 is 0 Å². The number of sulfonamides is 1. The van der Waals surface area contributed by atoms with E-state index in [1.807, 2.05) is 12.1 Å². The molecule has 0 spiro atoms.